The van der Waals surface area contributed by atoms with Gasteiger partial charge in [0.05, 0.1) is 46.0 Å². The minimum atomic E-state index is -5.37. The van der Waals surface area contributed by atoms with Crippen LogP contribution in [0.25, 0.3) is 26.7 Å². The lowest BCUT2D eigenvalue weighted by Gasteiger charge is -2.11. The number of phenolic OH excluding ortho intramolecular Hbond substituents is 1. The number of thiazole rings is 1. The summed E-state index contributed by atoms with van der Waals surface area (Å²) in [6.07, 6.45) is -0.166. The molecule has 384 valence electrons. The first-order valence-corrected chi connectivity index (χ1v) is 27.8. The van der Waals surface area contributed by atoms with E-state index in [1.807, 2.05) is 0 Å². The second-order valence-corrected chi connectivity index (χ2v) is 22.6. The normalized spacial score (nSPS) is 13.2. The maximum atomic E-state index is 13.7. The summed E-state index contributed by atoms with van der Waals surface area (Å²) in [7, 11) is -19.2. The van der Waals surface area contributed by atoms with Gasteiger partial charge >= 0.3 is 5.97 Å². The number of rotatable bonds is 18. The molecule has 0 spiro atoms. The zero-order chi connectivity index (χ0) is 53.4. The van der Waals surface area contributed by atoms with Crippen LogP contribution in [0.4, 0.5) is 33.6 Å². The van der Waals surface area contributed by atoms with E-state index < -0.39 is 117 Å². The van der Waals surface area contributed by atoms with Gasteiger partial charge in [-0.25, -0.2) is 14.5 Å². The maximum absolute atomic E-state index is 13.7. The summed E-state index contributed by atoms with van der Waals surface area (Å²) in [5.41, 5.74) is -3.24. The number of hydrogen-bond acceptors (Lipinski definition) is 23. The van der Waals surface area contributed by atoms with Gasteiger partial charge in [0.1, 0.15) is 32.6 Å². The molecule has 6 N–H and O–H groups in total. The Morgan fingerprint density at radius 2 is 1.47 bits per heavy atom. The molecule has 0 bridgehead atoms. The number of esters is 1. The molecule has 28 nitrogen and oxygen atoms in total. The van der Waals surface area contributed by atoms with Gasteiger partial charge in [0.15, 0.2) is 17.1 Å². The Morgan fingerprint density at radius 1 is 0.795 bits per heavy atom. The third-order valence-electron chi connectivity index (χ3n) is 9.92. The summed E-state index contributed by atoms with van der Waals surface area (Å²) in [6.45, 7) is 1.36. The first-order chi connectivity index (χ1) is 34.1. The van der Waals surface area contributed by atoms with E-state index in [9.17, 15) is 75.3 Å². The van der Waals surface area contributed by atoms with Crippen molar-refractivity contribution < 1.29 is 80.0 Å². The molecule has 2 heterocycles. The van der Waals surface area contributed by atoms with E-state index in [0.29, 0.717) is 44.2 Å². The van der Waals surface area contributed by atoms with Crippen molar-refractivity contribution in [2.45, 2.75) is 33.8 Å². The Bertz CT molecular complexity index is 4060. The number of aromatic nitrogens is 3. The zero-order valence-electron chi connectivity index (χ0n) is 36.7. The van der Waals surface area contributed by atoms with Crippen molar-refractivity contribution in [1.82, 2.24) is 14.8 Å². The molecule has 7 rings (SSSR count). The fourth-order valence-electron chi connectivity index (χ4n) is 6.67. The highest BCUT2D eigenvalue weighted by Gasteiger charge is 2.28. The fourth-order valence-corrected chi connectivity index (χ4v) is 10.6. The van der Waals surface area contributed by atoms with E-state index >= 15 is 0 Å². The number of methoxy groups -OCH3 is 1. The number of aromatic amines is 1. The van der Waals surface area contributed by atoms with Gasteiger partial charge in [-0.2, -0.15) is 33.7 Å². The van der Waals surface area contributed by atoms with Gasteiger partial charge < -0.3 is 19.1 Å². The first kappa shape index (κ1) is 53.7. The minimum absolute atomic E-state index is 0.0000590. The number of aromatic hydroxyl groups is 1. The number of azo groups is 3. The van der Waals surface area contributed by atoms with E-state index in [-0.39, 0.29) is 52.1 Å². The third kappa shape index (κ3) is 12.4. The van der Waals surface area contributed by atoms with Crippen LogP contribution in [0.5, 0.6) is 11.5 Å². The zero-order valence-corrected chi connectivity index (χ0v) is 41.6. The monoisotopic (exact) mass is 1120 g/mol. The molecule has 7 aromatic rings. The SMILES string of the molecule is COC(=O)c1[nH]n(-c2ccc(S(=O)(=O)O)cc2S(=O)(=O)O)c(=O)c1N=Nc1ccc2c(O)c(N=Nc3cc(C)c(N=Nc4nc5ccc(CS(=O)[O-])cc5s4)cc3OCCCS(=O)(=O)O)ccc2c1S(=O)(=O)O. The van der Waals surface area contributed by atoms with Gasteiger partial charge in [0.2, 0.25) is 5.13 Å². The summed E-state index contributed by atoms with van der Waals surface area (Å²) < 4.78 is 169. The quantitative estimate of drug-likeness (QED) is 0.0170. The van der Waals surface area contributed by atoms with E-state index in [4.69, 9.17) is 4.74 Å². The predicted octanol–water partition coefficient (Wildman–Crippen LogP) is 6.75. The molecule has 1 atom stereocenters. The lowest BCUT2D eigenvalue weighted by Crippen LogP contribution is -2.18. The van der Waals surface area contributed by atoms with E-state index in [0.717, 1.165) is 42.7 Å². The van der Waals surface area contributed by atoms with Crippen LogP contribution in [0.3, 0.4) is 0 Å². The Morgan fingerprint density at radius 3 is 2.12 bits per heavy atom. The van der Waals surface area contributed by atoms with E-state index in [1.165, 1.54) is 12.1 Å². The van der Waals surface area contributed by atoms with Crippen LogP contribution in [0, 0.1) is 6.92 Å². The van der Waals surface area contributed by atoms with Crippen molar-refractivity contribution in [1.29, 1.82) is 0 Å². The van der Waals surface area contributed by atoms with E-state index in [1.54, 1.807) is 25.1 Å². The second-order valence-electron chi connectivity index (χ2n) is 14.9. The van der Waals surface area contributed by atoms with Crippen molar-refractivity contribution in [3.05, 3.63) is 100.0 Å². The van der Waals surface area contributed by atoms with Crippen LogP contribution >= 0.6 is 11.3 Å². The number of nitrogens with zero attached hydrogens (tertiary/aromatic N) is 8. The number of carbonyl (C=O) groups is 1. The Labute approximate surface area is 417 Å². The molecule has 0 saturated carbocycles. The van der Waals surface area contributed by atoms with Crippen molar-refractivity contribution in [2.75, 3.05) is 19.5 Å². The van der Waals surface area contributed by atoms with Crippen LogP contribution < -0.4 is 10.3 Å². The van der Waals surface area contributed by atoms with Crippen LogP contribution in [0.2, 0.25) is 0 Å². The third-order valence-corrected chi connectivity index (χ3v) is 14.9. The Hall–Kier alpha value is -7.12. The number of aryl methyl sites for hydroxylation is 1. The molecule has 0 fully saturated rings. The van der Waals surface area contributed by atoms with Crippen LogP contribution in [0.1, 0.15) is 28.0 Å². The molecule has 0 radical (unpaired) electrons. The molecule has 0 saturated heterocycles. The van der Waals surface area contributed by atoms with Crippen molar-refractivity contribution in [2.24, 2.45) is 30.7 Å². The molecule has 0 amide bonds. The molecule has 0 aliphatic carbocycles. The molecule has 0 aliphatic heterocycles. The fraction of sp³-hybridized carbons (Fsp3) is 0.154. The second kappa shape index (κ2) is 20.8. The van der Waals surface area contributed by atoms with Crippen molar-refractivity contribution in [3.8, 4) is 17.2 Å². The number of ether oxygens (including phenoxy) is 2. The van der Waals surface area contributed by atoms with Crippen LogP contribution in [-0.2, 0) is 62.0 Å². The summed E-state index contributed by atoms with van der Waals surface area (Å²) in [5.74, 6) is -2.89. The molecule has 34 heteroatoms. The molecule has 5 aromatic carbocycles. The van der Waals surface area contributed by atoms with Crippen molar-refractivity contribution in [3.63, 3.8) is 0 Å². The summed E-state index contributed by atoms with van der Waals surface area (Å²) in [5, 5.41) is 37.3. The highest BCUT2D eigenvalue weighted by molar-refractivity contribution is 7.87. The van der Waals surface area contributed by atoms with Gasteiger partial charge in [-0.1, -0.05) is 34.5 Å². The van der Waals surface area contributed by atoms with Crippen LogP contribution in [0.15, 0.2) is 123 Å². The summed E-state index contributed by atoms with van der Waals surface area (Å²) in [4.78, 5) is 27.6. The standard InChI is InChI=1S/C39H33N9O19S6/c1-19-14-28(30(67-12-3-13-70(54,55)56)17-27(19)43-46-39-40-24-8-4-20(18-69(52)53)15-31(24)68-39)44-41-25-9-7-23-22(35(25)49)6-10-26(36(23)73(63,64)65)42-45-33-34(38(51)66-2)47-48(37(33)50)29-11-5-21(71(57,58)59)16-32(29)72(60,61)62/h4-11,14-17,47,49H,3,12-13,18H2,1-2H3,(H,52,53)(H,54,55,56)(H,57,58,59)(H,60,61,62)(H,63,64,65)/p-1. The first-order valence-electron chi connectivity index (χ1n) is 19.8. The highest BCUT2D eigenvalue weighted by Crippen LogP contribution is 2.43. The Balaban J connectivity index is 1.25. The Kier molecular flexibility index (Phi) is 15.3. The number of benzene rings is 5. The molecular formula is C39H32N9O19S6-. The maximum Gasteiger partial charge on any atom is 0.358 e. The number of carbonyl (C=O) groups excluding carboxylic acids is 1. The molecule has 1 unspecified atom stereocenters. The van der Waals surface area contributed by atoms with Gasteiger partial charge in [-0.3, -0.25) is 32.3 Å². The number of nitrogens with one attached hydrogen (secondary N) is 1. The number of fused-ring (bicyclic) bond motifs is 2. The number of phenols is 1. The van der Waals surface area contributed by atoms with Gasteiger partial charge in [-0.15, -0.1) is 30.7 Å². The lowest BCUT2D eigenvalue weighted by atomic mass is 10.1. The molecular weight excluding hydrogens is 1090 g/mol. The predicted molar refractivity (Wildman–Crippen MR) is 255 cm³/mol. The van der Waals surface area contributed by atoms with E-state index in [2.05, 4.69) is 45.5 Å². The largest absolute Gasteiger partial charge is 0.772 e. The average Bonchev–Trinajstić information content (AvgIpc) is 3.86. The topological polar surface area (TPSA) is 438 Å². The minimum Gasteiger partial charge on any atom is -0.772 e. The average molecular weight is 1120 g/mol. The van der Waals surface area contributed by atoms with Gasteiger partial charge in [0, 0.05) is 22.6 Å². The number of hydrogen-bond donors (Lipinski definition) is 6. The molecule has 2 aromatic heterocycles. The van der Waals surface area contributed by atoms with Crippen LogP contribution in [-0.4, -0.2) is 106 Å². The van der Waals surface area contributed by atoms with Gasteiger partial charge in [0.25, 0.3) is 46.0 Å². The highest BCUT2D eigenvalue weighted by atomic mass is 32.2. The van der Waals surface area contributed by atoms with Crippen molar-refractivity contribution >= 4 is 123 Å². The lowest BCUT2D eigenvalue weighted by molar-refractivity contribution is 0.0594. The number of H-pyrrole nitrogens is 1. The smallest absolute Gasteiger partial charge is 0.358 e. The summed E-state index contributed by atoms with van der Waals surface area (Å²) >= 11 is -1.17. The summed E-state index contributed by atoms with van der Waals surface area (Å²) in [6, 6.07) is 13.6. The van der Waals surface area contributed by atoms with Gasteiger partial charge in [-0.05, 0) is 79.1 Å². The molecule has 73 heavy (non-hydrogen) atoms. The molecule has 0 aliphatic rings.